The van der Waals surface area contributed by atoms with Gasteiger partial charge in [-0.25, -0.2) is 33.7 Å². The zero-order valence-corrected chi connectivity index (χ0v) is 26.6. The van der Waals surface area contributed by atoms with Crippen molar-refractivity contribution in [2.75, 3.05) is 15.7 Å². The average Bonchev–Trinajstić information content (AvgIpc) is 3.50. The summed E-state index contributed by atoms with van der Waals surface area (Å²) in [6, 6.07) is 6.28. The van der Waals surface area contributed by atoms with Crippen LogP contribution in [0.4, 0.5) is 11.4 Å². The molecule has 1 fully saturated rings. The van der Waals surface area contributed by atoms with E-state index in [1.54, 1.807) is 0 Å². The minimum atomic E-state index is -5.08. The first kappa shape index (κ1) is 33.5. The van der Waals surface area contributed by atoms with Crippen LogP contribution in [-0.2, 0) is 40.3 Å². The normalized spacial score (nSPS) is 14.5. The molecule has 1 aliphatic carbocycles. The van der Waals surface area contributed by atoms with Crippen molar-refractivity contribution < 1.29 is 102 Å². The molecule has 0 amide bonds. The molecule has 0 saturated heterocycles. The van der Waals surface area contributed by atoms with E-state index < -0.39 is 55.3 Å². The Morgan fingerprint density at radius 2 is 1.11 bits per heavy atom. The molecule has 0 heterocycles. The van der Waals surface area contributed by atoms with E-state index in [0.717, 1.165) is 42.7 Å². The quantitative estimate of drug-likeness (QED) is 0.160. The van der Waals surface area contributed by atoms with Crippen molar-refractivity contribution in [1.82, 2.24) is 0 Å². The molecule has 186 valence electrons. The van der Waals surface area contributed by atoms with E-state index in [0.29, 0.717) is 12.8 Å². The van der Waals surface area contributed by atoms with Crippen molar-refractivity contribution in [2.45, 2.75) is 27.9 Å². The summed E-state index contributed by atoms with van der Waals surface area (Å²) < 4.78 is 121. The second-order valence-corrected chi connectivity index (χ2v) is 13.9. The smallest absolute Gasteiger partial charge is 0.744 e. The molecular weight excluding hydrogens is 578 g/mol. The third kappa shape index (κ3) is 9.36. The van der Waals surface area contributed by atoms with E-state index in [4.69, 9.17) is 0 Å². The summed E-state index contributed by atoms with van der Waals surface area (Å²) in [5.41, 5.74) is -0.736. The third-order valence-corrected chi connectivity index (χ3v) is 8.80. The maximum atomic E-state index is 12.1. The van der Waals surface area contributed by atoms with Gasteiger partial charge in [-0.3, -0.25) is 9.44 Å². The van der Waals surface area contributed by atoms with Gasteiger partial charge in [0.25, 0.3) is 0 Å². The molecule has 3 rings (SSSR count). The molecule has 36 heavy (non-hydrogen) atoms. The molecule has 1 aliphatic rings. The number of hydrogen-bond donors (Lipinski definition) is 2. The molecule has 1 saturated carbocycles. The maximum absolute atomic E-state index is 12.1. The Morgan fingerprint density at radius 3 is 1.44 bits per heavy atom. The minimum Gasteiger partial charge on any atom is -0.744 e. The number of rotatable bonds is 9. The molecule has 0 aliphatic heterocycles. The van der Waals surface area contributed by atoms with Crippen molar-refractivity contribution >= 4 is 63.8 Å². The predicted molar refractivity (Wildman–Crippen MR) is 122 cm³/mol. The van der Waals surface area contributed by atoms with E-state index in [9.17, 15) is 42.8 Å². The van der Waals surface area contributed by atoms with Crippen LogP contribution in [0.3, 0.4) is 0 Å². The zero-order valence-electron chi connectivity index (χ0n) is 19.3. The van der Waals surface area contributed by atoms with Crippen molar-refractivity contribution in [1.29, 1.82) is 0 Å². The maximum Gasteiger partial charge on any atom is 1.00 e. The fourth-order valence-corrected chi connectivity index (χ4v) is 6.25. The van der Waals surface area contributed by atoms with Gasteiger partial charge < -0.3 is 9.11 Å². The summed E-state index contributed by atoms with van der Waals surface area (Å²) in [6.07, 6.45) is 3.86. The van der Waals surface area contributed by atoms with Crippen LogP contribution in [0.2, 0.25) is 0 Å². The fourth-order valence-electron chi connectivity index (χ4n) is 2.92. The van der Waals surface area contributed by atoms with Crippen molar-refractivity contribution in [3.8, 4) is 0 Å². The average molecular weight is 597 g/mol. The van der Waals surface area contributed by atoms with Gasteiger partial charge in [-0.15, -0.1) is 0 Å². The summed E-state index contributed by atoms with van der Waals surface area (Å²) in [4.78, 5) is -1.57. The van der Waals surface area contributed by atoms with Crippen LogP contribution in [0.25, 0.3) is 12.2 Å². The molecule has 0 unspecified atom stereocenters. The number of hydrogen-bond acceptors (Lipinski definition) is 10. The second-order valence-electron chi connectivity index (χ2n) is 7.47. The Hall–Kier alpha value is -0.500. The van der Waals surface area contributed by atoms with E-state index in [1.807, 2.05) is 4.72 Å². The topological polar surface area (TPSA) is 207 Å². The second kappa shape index (κ2) is 12.1. The largest absolute Gasteiger partial charge is 1.00 e. The van der Waals surface area contributed by atoms with Gasteiger partial charge in [-0.05, 0) is 48.2 Å². The molecule has 0 radical (unpaired) electrons. The molecule has 2 aromatic carbocycles. The molecule has 0 bridgehead atoms. The number of sulfonamides is 2. The Kier molecular flexibility index (Phi) is 11.3. The Labute approximate surface area is 254 Å². The molecule has 0 aromatic heterocycles. The molecule has 12 nitrogen and oxygen atoms in total. The van der Waals surface area contributed by atoms with Gasteiger partial charge in [0.15, 0.2) is 0 Å². The van der Waals surface area contributed by atoms with E-state index in [1.165, 1.54) is 12.1 Å². The zero-order chi connectivity index (χ0) is 25.5. The third-order valence-electron chi connectivity index (χ3n) is 4.53. The van der Waals surface area contributed by atoms with Gasteiger partial charge in [0.2, 0.25) is 20.0 Å². The van der Waals surface area contributed by atoms with Crippen molar-refractivity contribution in [3.05, 3.63) is 47.5 Å². The fraction of sp³-hybridized carbons (Fsp3) is 0.222. The molecule has 2 N–H and O–H groups in total. The van der Waals surface area contributed by atoms with Gasteiger partial charge in [0.1, 0.15) is 20.2 Å². The minimum absolute atomic E-state index is 0. The van der Waals surface area contributed by atoms with E-state index >= 15 is 0 Å². The van der Waals surface area contributed by atoms with Crippen LogP contribution in [0, 0.1) is 0 Å². The molecular formula is C18H18N2Na2O10S4. The summed E-state index contributed by atoms with van der Waals surface area (Å²) >= 11 is 0. The Balaban J connectivity index is 0.00000324. The van der Waals surface area contributed by atoms with Crippen molar-refractivity contribution in [2.24, 2.45) is 0 Å². The van der Waals surface area contributed by atoms with Crippen LogP contribution in [0.5, 0.6) is 0 Å². The van der Waals surface area contributed by atoms with Crippen LogP contribution in [0.15, 0.2) is 46.2 Å². The first-order valence-electron chi connectivity index (χ1n) is 9.33. The Morgan fingerprint density at radius 1 is 0.722 bits per heavy atom. The predicted octanol–water partition coefficient (Wildman–Crippen LogP) is -5.05. The molecule has 0 atom stereocenters. The van der Waals surface area contributed by atoms with Gasteiger partial charge in [-0.2, -0.15) is 0 Å². The van der Waals surface area contributed by atoms with Crippen LogP contribution in [0.1, 0.15) is 24.0 Å². The standard InChI is InChI=1S/C18H20N2O10S4.2Na/c1-31(21,22)19-14-6-4-12(17(10-14)33(25,26)27)2-3-13-5-7-15(11-18(13)34(28,29)30)20-32(23,24)16-8-9-16;;/h2-7,10-11,16,19-20H,8-9H2,1H3,(H,25,26,27)(H,28,29,30);;/q;2*+1/p-2. The summed E-state index contributed by atoms with van der Waals surface area (Å²) in [7, 11) is -17.6. The van der Waals surface area contributed by atoms with Gasteiger partial charge >= 0.3 is 59.1 Å². The van der Waals surface area contributed by atoms with Crippen LogP contribution in [-0.4, -0.2) is 54.3 Å². The first-order valence-corrected chi connectivity index (χ1v) is 15.6. The van der Waals surface area contributed by atoms with E-state index in [-0.39, 0.29) is 81.6 Å². The summed E-state index contributed by atoms with van der Waals surface area (Å²) in [5, 5.41) is -0.591. The SMILES string of the molecule is CS(=O)(=O)Nc1ccc(C=Cc2ccc(NS(=O)(=O)C3CC3)cc2S(=O)(=O)[O-])c(S(=O)(=O)[O-])c1.[Na+].[Na+]. The van der Waals surface area contributed by atoms with Crippen LogP contribution >= 0.6 is 0 Å². The van der Waals surface area contributed by atoms with Gasteiger partial charge in [0.05, 0.1) is 21.3 Å². The van der Waals surface area contributed by atoms with Gasteiger partial charge in [-0.1, -0.05) is 24.3 Å². The summed E-state index contributed by atoms with van der Waals surface area (Å²) in [6.45, 7) is 0. The van der Waals surface area contributed by atoms with E-state index in [2.05, 4.69) is 4.72 Å². The molecule has 2 aromatic rings. The first-order chi connectivity index (χ1) is 15.5. The van der Waals surface area contributed by atoms with Gasteiger partial charge in [0, 0.05) is 11.4 Å². The summed E-state index contributed by atoms with van der Waals surface area (Å²) in [5.74, 6) is 0. The monoisotopic (exact) mass is 596 g/mol. The Bertz CT molecular complexity index is 1600. The van der Waals surface area contributed by atoms with Crippen molar-refractivity contribution in [3.63, 3.8) is 0 Å². The molecule has 0 spiro atoms. The number of benzene rings is 2. The number of nitrogens with one attached hydrogen (secondary N) is 2. The molecule has 18 heteroatoms. The van der Waals surface area contributed by atoms with Crippen LogP contribution < -0.4 is 68.6 Å². The number of anilines is 2.